The molecule has 0 radical (unpaired) electrons. The van der Waals surface area contributed by atoms with Crippen molar-refractivity contribution in [3.8, 4) is 0 Å². The molecule has 0 aromatic carbocycles. The van der Waals surface area contributed by atoms with Crippen LogP contribution in [-0.4, -0.2) is 26.0 Å². The topological polar surface area (TPSA) is 55.4 Å². The number of esters is 1. The van der Waals surface area contributed by atoms with Crippen molar-refractivity contribution in [2.24, 2.45) is 0 Å². The Balaban J connectivity index is 4.91. The largest absolute Gasteiger partial charge is 0.465 e. The standard InChI is InChI=1S/C11H17NO3/c1-5-8(2)9(11(14)15-4)6-7-10(13)12-3/h6-7H,5H2,1-4H3,(H,12,13)/b7-6-,9-8?. The van der Waals surface area contributed by atoms with Gasteiger partial charge >= 0.3 is 5.97 Å². The van der Waals surface area contributed by atoms with Gasteiger partial charge in [0.15, 0.2) is 0 Å². The Kier molecular flexibility index (Phi) is 6.09. The predicted molar refractivity (Wildman–Crippen MR) is 58.2 cm³/mol. The van der Waals surface area contributed by atoms with Crippen LogP contribution in [0.5, 0.6) is 0 Å². The maximum Gasteiger partial charge on any atom is 0.337 e. The van der Waals surface area contributed by atoms with Crippen LogP contribution in [0, 0.1) is 0 Å². The van der Waals surface area contributed by atoms with Gasteiger partial charge in [-0.25, -0.2) is 4.79 Å². The average molecular weight is 211 g/mol. The number of nitrogens with one attached hydrogen (secondary N) is 1. The zero-order valence-corrected chi connectivity index (χ0v) is 9.59. The molecule has 1 N–H and O–H groups in total. The zero-order valence-electron chi connectivity index (χ0n) is 9.59. The zero-order chi connectivity index (χ0) is 11.8. The van der Waals surface area contributed by atoms with E-state index in [0.29, 0.717) is 5.57 Å². The maximum absolute atomic E-state index is 11.4. The number of amides is 1. The lowest BCUT2D eigenvalue weighted by molar-refractivity contribution is -0.135. The van der Waals surface area contributed by atoms with E-state index in [9.17, 15) is 9.59 Å². The Morgan fingerprint density at radius 1 is 1.33 bits per heavy atom. The second-order valence-electron chi connectivity index (χ2n) is 2.99. The fourth-order valence-electron chi connectivity index (χ4n) is 0.927. The molecule has 0 aliphatic rings. The number of likely N-dealkylation sites (N-methyl/N-ethyl adjacent to an activating group) is 1. The predicted octanol–water partition coefficient (Wildman–Crippen LogP) is 1.19. The summed E-state index contributed by atoms with van der Waals surface area (Å²) >= 11 is 0. The third-order valence-corrected chi connectivity index (χ3v) is 2.04. The Hall–Kier alpha value is -1.58. The van der Waals surface area contributed by atoms with Gasteiger partial charge < -0.3 is 10.1 Å². The fraction of sp³-hybridized carbons (Fsp3) is 0.455. The Labute approximate surface area is 90.0 Å². The highest BCUT2D eigenvalue weighted by Gasteiger charge is 2.09. The summed E-state index contributed by atoms with van der Waals surface area (Å²) in [4.78, 5) is 22.3. The number of carbonyl (C=O) groups excluding carboxylic acids is 2. The summed E-state index contributed by atoms with van der Waals surface area (Å²) < 4.78 is 4.62. The smallest absolute Gasteiger partial charge is 0.337 e. The normalized spacial score (nSPS) is 12.3. The van der Waals surface area contributed by atoms with Crippen LogP contribution in [0.4, 0.5) is 0 Å². The lowest BCUT2D eigenvalue weighted by atomic mass is 10.1. The number of methoxy groups -OCH3 is 1. The first-order chi connectivity index (χ1) is 7.06. The molecular weight excluding hydrogens is 194 g/mol. The number of carbonyl (C=O) groups is 2. The highest BCUT2D eigenvalue weighted by Crippen LogP contribution is 2.11. The molecular formula is C11H17NO3. The van der Waals surface area contributed by atoms with E-state index in [4.69, 9.17) is 0 Å². The molecule has 0 saturated heterocycles. The van der Waals surface area contributed by atoms with Crippen molar-refractivity contribution >= 4 is 11.9 Å². The Bertz CT molecular complexity index is 303. The van der Waals surface area contributed by atoms with Crippen LogP contribution in [-0.2, 0) is 14.3 Å². The lowest BCUT2D eigenvalue weighted by Crippen LogP contribution is -2.15. The van der Waals surface area contributed by atoms with Gasteiger partial charge in [-0.1, -0.05) is 12.5 Å². The van der Waals surface area contributed by atoms with Gasteiger partial charge in [0, 0.05) is 13.1 Å². The molecule has 4 heteroatoms. The van der Waals surface area contributed by atoms with Crippen LogP contribution in [0.15, 0.2) is 23.3 Å². The molecule has 15 heavy (non-hydrogen) atoms. The molecule has 4 nitrogen and oxygen atoms in total. The van der Waals surface area contributed by atoms with Crippen molar-refractivity contribution < 1.29 is 14.3 Å². The van der Waals surface area contributed by atoms with E-state index < -0.39 is 5.97 Å². The van der Waals surface area contributed by atoms with Gasteiger partial charge in [-0.15, -0.1) is 0 Å². The molecule has 0 aromatic rings. The molecule has 0 atom stereocenters. The van der Waals surface area contributed by atoms with Crippen molar-refractivity contribution in [1.82, 2.24) is 5.32 Å². The first-order valence-corrected chi connectivity index (χ1v) is 4.74. The highest BCUT2D eigenvalue weighted by atomic mass is 16.5. The monoisotopic (exact) mass is 211 g/mol. The third kappa shape index (κ3) is 4.44. The minimum absolute atomic E-state index is 0.250. The third-order valence-electron chi connectivity index (χ3n) is 2.04. The lowest BCUT2D eigenvalue weighted by Gasteiger charge is -2.04. The minimum atomic E-state index is -0.422. The highest BCUT2D eigenvalue weighted by molar-refractivity contribution is 5.95. The van der Waals surface area contributed by atoms with Crippen molar-refractivity contribution in [2.75, 3.05) is 14.2 Å². The van der Waals surface area contributed by atoms with E-state index in [2.05, 4.69) is 10.1 Å². The molecule has 0 saturated carbocycles. The van der Waals surface area contributed by atoms with Gasteiger partial charge in [-0.3, -0.25) is 4.79 Å². The second kappa shape index (κ2) is 6.81. The quantitative estimate of drug-likeness (QED) is 0.431. The molecule has 0 bridgehead atoms. The number of hydrogen-bond acceptors (Lipinski definition) is 3. The van der Waals surface area contributed by atoms with Crippen LogP contribution >= 0.6 is 0 Å². The van der Waals surface area contributed by atoms with Crippen molar-refractivity contribution in [1.29, 1.82) is 0 Å². The molecule has 0 fully saturated rings. The van der Waals surface area contributed by atoms with Gasteiger partial charge in [-0.2, -0.15) is 0 Å². The number of allylic oxidation sites excluding steroid dienone is 1. The number of rotatable bonds is 4. The van der Waals surface area contributed by atoms with Gasteiger partial charge in [0.1, 0.15) is 0 Å². The summed E-state index contributed by atoms with van der Waals surface area (Å²) in [6.07, 6.45) is 3.53. The average Bonchev–Trinajstić information content (AvgIpc) is 2.27. The summed E-state index contributed by atoms with van der Waals surface area (Å²) in [5, 5.41) is 2.43. The molecule has 0 aliphatic heterocycles. The molecule has 0 rings (SSSR count). The van der Waals surface area contributed by atoms with Gasteiger partial charge in [-0.05, 0) is 19.4 Å². The summed E-state index contributed by atoms with van der Waals surface area (Å²) in [6, 6.07) is 0. The van der Waals surface area contributed by atoms with Crippen molar-refractivity contribution in [3.63, 3.8) is 0 Å². The van der Waals surface area contributed by atoms with E-state index in [1.165, 1.54) is 26.3 Å². The summed E-state index contributed by atoms with van der Waals surface area (Å²) in [5.74, 6) is -0.671. The fourth-order valence-corrected chi connectivity index (χ4v) is 0.927. The van der Waals surface area contributed by atoms with E-state index in [1.54, 1.807) is 0 Å². The van der Waals surface area contributed by atoms with Crippen molar-refractivity contribution in [2.45, 2.75) is 20.3 Å². The molecule has 1 amide bonds. The van der Waals surface area contributed by atoms with Gasteiger partial charge in [0.2, 0.25) is 5.91 Å². The number of hydrogen-bond donors (Lipinski definition) is 1. The van der Waals surface area contributed by atoms with E-state index in [0.717, 1.165) is 12.0 Å². The van der Waals surface area contributed by atoms with Crippen LogP contribution in [0.1, 0.15) is 20.3 Å². The van der Waals surface area contributed by atoms with E-state index in [-0.39, 0.29) is 5.91 Å². The number of ether oxygens (including phenoxy) is 1. The van der Waals surface area contributed by atoms with E-state index in [1.807, 2.05) is 13.8 Å². The van der Waals surface area contributed by atoms with Crippen LogP contribution in [0.25, 0.3) is 0 Å². The molecule has 0 unspecified atom stereocenters. The molecule has 0 heterocycles. The van der Waals surface area contributed by atoms with Gasteiger partial charge in [0.05, 0.1) is 12.7 Å². The molecule has 0 aromatic heterocycles. The first-order valence-electron chi connectivity index (χ1n) is 4.74. The van der Waals surface area contributed by atoms with Crippen LogP contribution < -0.4 is 5.32 Å². The van der Waals surface area contributed by atoms with Crippen molar-refractivity contribution in [3.05, 3.63) is 23.3 Å². The molecule has 0 spiro atoms. The summed E-state index contributed by atoms with van der Waals surface area (Å²) in [7, 11) is 2.85. The van der Waals surface area contributed by atoms with Crippen LogP contribution in [0.3, 0.4) is 0 Å². The van der Waals surface area contributed by atoms with Crippen LogP contribution in [0.2, 0.25) is 0 Å². The second-order valence-corrected chi connectivity index (χ2v) is 2.99. The Morgan fingerprint density at radius 2 is 1.93 bits per heavy atom. The molecule has 84 valence electrons. The SMILES string of the molecule is CCC(C)=C(/C=C\C(=O)NC)C(=O)OC. The maximum atomic E-state index is 11.4. The first kappa shape index (κ1) is 13.4. The summed E-state index contributed by atoms with van der Waals surface area (Å²) in [5.41, 5.74) is 1.32. The minimum Gasteiger partial charge on any atom is -0.465 e. The molecule has 0 aliphatic carbocycles. The van der Waals surface area contributed by atoms with E-state index >= 15 is 0 Å². The summed E-state index contributed by atoms with van der Waals surface area (Å²) in [6.45, 7) is 3.77. The van der Waals surface area contributed by atoms with Gasteiger partial charge in [0.25, 0.3) is 0 Å². The Morgan fingerprint density at radius 3 is 2.33 bits per heavy atom.